The highest BCUT2D eigenvalue weighted by atomic mass is 32.1. The highest BCUT2D eigenvalue weighted by Crippen LogP contribution is 2.55. The van der Waals surface area contributed by atoms with Gasteiger partial charge in [-0.1, -0.05) is 6.07 Å². The van der Waals surface area contributed by atoms with Gasteiger partial charge >= 0.3 is 5.97 Å². The fourth-order valence-corrected chi connectivity index (χ4v) is 6.37. The van der Waals surface area contributed by atoms with E-state index in [0.717, 1.165) is 40.2 Å². The van der Waals surface area contributed by atoms with Crippen molar-refractivity contribution < 1.29 is 15.0 Å². The minimum absolute atomic E-state index is 0.0129. The molecule has 1 aromatic carbocycles. The Balaban J connectivity index is 1.41. The van der Waals surface area contributed by atoms with E-state index in [1.807, 2.05) is 38.2 Å². The van der Waals surface area contributed by atoms with Crippen molar-refractivity contribution in [2.75, 3.05) is 5.32 Å². The Bertz CT molecular complexity index is 1180. The van der Waals surface area contributed by atoms with Crippen LogP contribution in [-0.2, 0) is 10.4 Å². The fourth-order valence-electron chi connectivity index (χ4n) is 5.29. The van der Waals surface area contributed by atoms with Crippen molar-refractivity contribution in [1.82, 2.24) is 15.0 Å². The zero-order chi connectivity index (χ0) is 22.5. The Morgan fingerprint density at radius 1 is 1.22 bits per heavy atom. The summed E-state index contributed by atoms with van der Waals surface area (Å²) >= 11 is 1.50. The first kappa shape index (κ1) is 21.0. The summed E-state index contributed by atoms with van der Waals surface area (Å²) in [6, 6.07) is 8.02. The van der Waals surface area contributed by atoms with E-state index in [1.54, 1.807) is 6.20 Å². The van der Waals surface area contributed by atoms with Crippen LogP contribution in [0.15, 0.2) is 36.7 Å². The number of nitrogens with zero attached hydrogens (tertiary/aromatic N) is 3. The Hall–Kier alpha value is -2.84. The van der Waals surface area contributed by atoms with E-state index in [-0.39, 0.29) is 17.8 Å². The number of benzene rings is 1. The van der Waals surface area contributed by atoms with Crippen molar-refractivity contribution in [2.45, 2.75) is 45.1 Å². The molecule has 0 aliphatic heterocycles. The van der Waals surface area contributed by atoms with E-state index < -0.39 is 11.6 Å². The largest absolute Gasteiger partial charge is 0.481 e. The van der Waals surface area contributed by atoms with Crippen LogP contribution in [0.25, 0.3) is 10.4 Å². The van der Waals surface area contributed by atoms with Crippen LogP contribution in [0.3, 0.4) is 0 Å². The Labute approximate surface area is 190 Å². The first-order valence-electron chi connectivity index (χ1n) is 10.9. The Kier molecular flexibility index (Phi) is 5.22. The molecule has 3 saturated carbocycles. The summed E-state index contributed by atoms with van der Waals surface area (Å²) in [5.41, 5.74) is 2.85. The first-order valence-corrected chi connectivity index (χ1v) is 11.7. The van der Waals surface area contributed by atoms with E-state index in [0.29, 0.717) is 23.8 Å². The zero-order valence-corrected chi connectivity index (χ0v) is 18.9. The molecule has 2 heterocycles. The number of aliphatic carboxylic acids is 1. The molecule has 8 heteroatoms. The number of thiazole rings is 1. The predicted molar refractivity (Wildman–Crippen MR) is 123 cm³/mol. The minimum Gasteiger partial charge on any atom is -0.481 e. The minimum atomic E-state index is -1.03. The lowest BCUT2D eigenvalue weighted by atomic mass is 9.58. The molecule has 0 saturated heterocycles. The van der Waals surface area contributed by atoms with Crippen molar-refractivity contribution in [3.8, 4) is 10.4 Å². The number of carboxylic acids is 1. The summed E-state index contributed by atoms with van der Waals surface area (Å²) in [4.78, 5) is 25.8. The number of aryl methyl sites for hydroxylation is 2. The smallest absolute Gasteiger partial charge is 0.306 e. The maximum atomic E-state index is 11.6. The van der Waals surface area contributed by atoms with Gasteiger partial charge in [-0.2, -0.15) is 0 Å². The van der Waals surface area contributed by atoms with E-state index in [9.17, 15) is 15.0 Å². The predicted octanol–water partition coefficient (Wildman–Crippen LogP) is 4.67. The number of carboxylic acid groups (broad SMARTS) is 1. The normalized spacial score (nSPS) is 26.8. The van der Waals surface area contributed by atoms with Crippen LogP contribution in [0.2, 0.25) is 0 Å². The lowest BCUT2D eigenvalue weighted by Gasteiger charge is -2.50. The quantitative estimate of drug-likeness (QED) is 0.518. The molecule has 2 aromatic heterocycles. The van der Waals surface area contributed by atoms with Crippen LogP contribution in [0.5, 0.6) is 0 Å². The molecule has 3 fully saturated rings. The first-order chi connectivity index (χ1) is 15.3. The number of hydrogen-bond donors (Lipinski definition) is 3. The fraction of sp³-hybridized carbons (Fsp3) is 0.417. The van der Waals surface area contributed by atoms with Gasteiger partial charge in [0.1, 0.15) is 10.6 Å². The van der Waals surface area contributed by atoms with Gasteiger partial charge in [0.05, 0.1) is 10.8 Å². The number of hydrogen-bond acceptors (Lipinski definition) is 7. The third-order valence-corrected chi connectivity index (χ3v) is 8.06. The summed E-state index contributed by atoms with van der Waals surface area (Å²) in [6.45, 7) is 3.96. The summed E-state index contributed by atoms with van der Waals surface area (Å²) in [6.07, 6.45) is 6.28. The SMILES string of the molecule is Cc1cc(Nc2nccc(C)n2)cc(-c2cnc(C3(O)CC4CCC3CC4C(=O)O)s2)c1. The van der Waals surface area contributed by atoms with Gasteiger partial charge in [-0.25, -0.2) is 15.0 Å². The maximum Gasteiger partial charge on any atom is 0.306 e. The molecule has 0 radical (unpaired) electrons. The lowest BCUT2D eigenvalue weighted by molar-refractivity contribution is -0.163. The van der Waals surface area contributed by atoms with Crippen LogP contribution in [0.4, 0.5) is 11.6 Å². The lowest BCUT2D eigenvalue weighted by Crippen LogP contribution is -2.50. The number of aliphatic hydroxyl groups is 1. The Morgan fingerprint density at radius 3 is 2.78 bits per heavy atom. The van der Waals surface area contributed by atoms with Gasteiger partial charge < -0.3 is 15.5 Å². The summed E-state index contributed by atoms with van der Waals surface area (Å²) in [5, 5.41) is 25.0. The van der Waals surface area contributed by atoms with E-state index in [2.05, 4.69) is 26.3 Å². The molecule has 4 unspecified atom stereocenters. The van der Waals surface area contributed by atoms with Gasteiger partial charge in [-0.15, -0.1) is 11.3 Å². The van der Waals surface area contributed by atoms with Crippen LogP contribution in [0, 0.1) is 31.6 Å². The van der Waals surface area contributed by atoms with Crippen LogP contribution >= 0.6 is 11.3 Å². The number of anilines is 2. The van der Waals surface area contributed by atoms with Crippen molar-refractivity contribution in [3.63, 3.8) is 0 Å². The monoisotopic (exact) mass is 450 g/mol. The second kappa shape index (κ2) is 7.94. The molecule has 0 spiro atoms. The zero-order valence-electron chi connectivity index (χ0n) is 18.1. The van der Waals surface area contributed by atoms with Crippen LogP contribution in [-0.4, -0.2) is 31.1 Å². The second-order valence-corrected chi connectivity index (χ2v) is 10.1. The van der Waals surface area contributed by atoms with E-state index >= 15 is 0 Å². The number of fused-ring (bicyclic) bond motifs is 3. The molecule has 3 aliphatic carbocycles. The molecule has 32 heavy (non-hydrogen) atoms. The molecule has 0 amide bonds. The summed E-state index contributed by atoms with van der Waals surface area (Å²) in [5.74, 6) is -0.575. The molecule has 3 aliphatic rings. The number of nitrogens with one attached hydrogen (secondary N) is 1. The van der Waals surface area contributed by atoms with Gasteiger partial charge in [0, 0.05) is 23.8 Å². The third-order valence-electron chi connectivity index (χ3n) is 6.85. The average molecular weight is 451 g/mol. The molecule has 3 aromatic rings. The molecule has 3 N–H and O–H groups in total. The number of aromatic nitrogens is 3. The number of carbonyl (C=O) groups is 1. The molecule has 2 bridgehead atoms. The molecule has 166 valence electrons. The van der Waals surface area contributed by atoms with Gasteiger partial charge in [-0.3, -0.25) is 4.79 Å². The highest BCUT2D eigenvalue weighted by molar-refractivity contribution is 7.15. The maximum absolute atomic E-state index is 11.6. The molecular weight excluding hydrogens is 424 g/mol. The topological polar surface area (TPSA) is 108 Å². The molecular formula is C24H26N4O3S. The molecule has 6 rings (SSSR count). The Morgan fingerprint density at radius 2 is 2.06 bits per heavy atom. The van der Waals surface area contributed by atoms with Crippen molar-refractivity contribution in [1.29, 1.82) is 0 Å². The molecule has 4 atom stereocenters. The number of rotatable bonds is 5. The van der Waals surface area contributed by atoms with E-state index in [1.165, 1.54) is 11.3 Å². The van der Waals surface area contributed by atoms with Crippen molar-refractivity contribution in [2.24, 2.45) is 17.8 Å². The van der Waals surface area contributed by atoms with Gasteiger partial charge in [0.15, 0.2) is 0 Å². The van der Waals surface area contributed by atoms with Crippen molar-refractivity contribution >= 4 is 28.9 Å². The van der Waals surface area contributed by atoms with Gasteiger partial charge in [0.2, 0.25) is 5.95 Å². The van der Waals surface area contributed by atoms with Gasteiger partial charge in [0.25, 0.3) is 0 Å². The standard InChI is InChI=1S/C24H26N4O3S/c1-13-7-16(9-18(8-13)28-23-25-6-5-14(2)27-23)20-12-26-22(32-20)24(31)11-15-3-4-17(24)10-19(15)21(29)30/h5-9,12,15,17,19,31H,3-4,10-11H2,1-2H3,(H,29,30)(H,25,27,28). The van der Waals surface area contributed by atoms with Crippen LogP contribution < -0.4 is 5.32 Å². The highest BCUT2D eigenvalue weighted by Gasteiger charge is 2.54. The van der Waals surface area contributed by atoms with Crippen molar-refractivity contribution in [3.05, 3.63) is 52.9 Å². The second-order valence-electron chi connectivity index (χ2n) is 9.11. The van der Waals surface area contributed by atoms with Gasteiger partial charge in [-0.05, 0) is 80.7 Å². The third kappa shape index (κ3) is 3.78. The molecule has 7 nitrogen and oxygen atoms in total. The average Bonchev–Trinajstić information content (AvgIpc) is 3.25. The summed E-state index contributed by atoms with van der Waals surface area (Å²) < 4.78 is 0. The van der Waals surface area contributed by atoms with E-state index in [4.69, 9.17) is 0 Å². The summed E-state index contributed by atoms with van der Waals surface area (Å²) in [7, 11) is 0. The van der Waals surface area contributed by atoms with Crippen LogP contribution in [0.1, 0.15) is 41.9 Å².